The first-order chi connectivity index (χ1) is 12.1. The molecule has 0 radical (unpaired) electrons. The molecule has 0 aliphatic carbocycles. The predicted molar refractivity (Wildman–Crippen MR) is 99.7 cm³/mol. The van der Waals surface area contributed by atoms with Gasteiger partial charge in [0, 0.05) is 28.7 Å². The van der Waals surface area contributed by atoms with Crippen LogP contribution >= 0.6 is 15.9 Å². The standard InChI is InChI=1S/C19H19BrN2O3/c1-25-17-5-3-2-4-14(17)11-21-18(23)12-22-16-8-7-15(20)10-13(16)6-9-19(22)24/h2-5,7-8,10H,6,9,11-12H2,1H3,(H,21,23). The Balaban J connectivity index is 1.68. The lowest BCUT2D eigenvalue weighted by Crippen LogP contribution is -2.42. The van der Waals surface area contributed by atoms with Gasteiger partial charge in [0.15, 0.2) is 0 Å². The highest BCUT2D eigenvalue weighted by Gasteiger charge is 2.26. The summed E-state index contributed by atoms with van der Waals surface area (Å²) in [6.45, 7) is 0.376. The van der Waals surface area contributed by atoms with Gasteiger partial charge in [-0.15, -0.1) is 0 Å². The van der Waals surface area contributed by atoms with E-state index in [0.29, 0.717) is 19.4 Å². The number of nitrogens with one attached hydrogen (secondary N) is 1. The first kappa shape index (κ1) is 17.5. The lowest BCUT2D eigenvalue weighted by molar-refractivity contribution is -0.124. The van der Waals surface area contributed by atoms with Crippen molar-refractivity contribution in [2.45, 2.75) is 19.4 Å². The van der Waals surface area contributed by atoms with Crippen LogP contribution in [0.3, 0.4) is 0 Å². The number of carbonyl (C=O) groups is 2. The summed E-state index contributed by atoms with van der Waals surface area (Å²) < 4.78 is 6.26. The summed E-state index contributed by atoms with van der Waals surface area (Å²) in [5.41, 5.74) is 2.78. The Labute approximate surface area is 155 Å². The van der Waals surface area contributed by atoms with Crippen LogP contribution < -0.4 is 15.0 Å². The molecule has 0 saturated heterocycles. The highest BCUT2D eigenvalue weighted by Crippen LogP contribution is 2.30. The highest BCUT2D eigenvalue weighted by atomic mass is 79.9. The van der Waals surface area contributed by atoms with Crippen molar-refractivity contribution < 1.29 is 14.3 Å². The average molecular weight is 403 g/mol. The van der Waals surface area contributed by atoms with E-state index in [1.165, 1.54) is 0 Å². The quantitative estimate of drug-likeness (QED) is 0.835. The van der Waals surface area contributed by atoms with Gasteiger partial charge in [0.2, 0.25) is 11.8 Å². The minimum atomic E-state index is -0.199. The molecule has 0 atom stereocenters. The second-order valence-corrected chi connectivity index (χ2v) is 6.76. The van der Waals surface area contributed by atoms with Gasteiger partial charge in [0.1, 0.15) is 12.3 Å². The molecule has 25 heavy (non-hydrogen) atoms. The van der Waals surface area contributed by atoms with E-state index in [-0.39, 0.29) is 18.4 Å². The Morgan fingerprint density at radius 3 is 2.84 bits per heavy atom. The molecule has 2 aromatic carbocycles. The van der Waals surface area contributed by atoms with Crippen LogP contribution in [0.2, 0.25) is 0 Å². The molecular weight excluding hydrogens is 384 g/mol. The van der Waals surface area contributed by atoms with Crippen LogP contribution in [0.4, 0.5) is 5.69 Å². The van der Waals surface area contributed by atoms with Gasteiger partial charge in [-0.1, -0.05) is 34.1 Å². The van der Waals surface area contributed by atoms with E-state index in [2.05, 4.69) is 21.2 Å². The number of amides is 2. The van der Waals surface area contributed by atoms with E-state index < -0.39 is 0 Å². The largest absolute Gasteiger partial charge is 0.496 e. The zero-order chi connectivity index (χ0) is 17.8. The molecule has 1 aliphatic heterocycles. The summed E-state index contributed by atoms with van der Waals surface area (Å²) in [5.74, 6) is 0.504. The van der Waals surface area contributed by atoms with Crippen LogP contribution in [0, 0.1) is 0 Å². The maximum absolute atomic E-state index is 12.4. The van der Waals surface area contributed by atoms with Crippen LogP contribution in [0.1, 0.15) is 17.5 Å². The molecule has 1 N–H and O–H groups in total. The second kappa shape index (κ2) is 7.70. The van der Waals surface area contributed by atoms with Gasteiger partial charge in [-0.3, -0.25) is 9.59 Å². The molecule has 0 fully saturated rings. The van der Waals surface area contributed by atoms with Crippen molar-refractivity contribution in [2.75, 3.05) is 18.6 Å². The zero-order valence-electron chi connectivity index (χ0n) is 13.9. The Hall–Kier alpha value is -2.34. The molecule has 6 heteroatoms. The molecule has 0 saturated carbocycles. The number of methoxy groups -OCH3 is 1. The number of aryl methyl sites for hydroxylation is 1. The van der Waals surface area contributed by atoms with Crippen LogP contribution in [0.15, 0.2) is 46.9 Å². The van der Waals surface area contributed by atoms with Gasteiger partial charge >= 0.3 is 0 Å². The number of benzene rings is 2. The molecule has 3 rings (SSSR count). The molecule has 2 aromatic rings. The Kier molecular flexibility index (Phi) is 5.38. The van der Waals surface area contributed by atoms with E-state index in [4.69, 9.17) is 4.74 Å². The SMILES string of the molecule is COc1ccccc1CNC(=O)CN1C(=O)CCc2cc(Br)ccc21. The number of anilines is 1. The van der Waals surface area contributed by atoms with Gasteiger partial charge in [0.25, 0.3) is 0 Å². The summed E-state index contributed by atoms with van der Waals surface area (Å²) in [5, 5.41) is 2.86. The minimum Gasteiger partial charge on any atom is -0.496 e. The summed E-state index contributed by atoms with van der Waals surface area (Å²) >= 11 is 3.45. The van der Waals surface area contributed by atoms with E-state index in [0.717, 1.165) is 27.0 Å². The number of rotatable bonds is 5. The molecule has 0 unspecified atom stereocenters. The zero-order valence-corrected chi connectivity index (χ0v) is 15.5. The van der Waals surface area contributed by atoms with Crippen molar-refractivity contribution in [3.05, 3.63) is 58.1 Å². The lowest BCUT2D eigenvalue weighted by atomic mass is 10.0. The van der Waals surface area contributed by atoms with Crippen LogP contribution in [-0.2, 0) is 22.6 Å². The third-order valence-electron chi connectivity index (χ3n) is 4.21. The number of ether oxygens (including phenoxy) is 1. The summed E-state index contributed by atoms with van der Waals surface area (Å²) in [7, 11) is 1.60. The second-order valence-electron chi connectivity index (χ2n) is 5.84. The number of hydrogen-bond acceptors (Lipinski definition) is 3. The maximum Gasteiger partial charge on any atom is 0.240 e. The van der Waals surface area contributed by atoms with Crippen molar-refractivity contribution in [1.29, 1.82) is 0 Å². The summed E-state index contributed by atoms with van der Waals surface area (Å²) in [6.07, 6.45) is 1.12. The van der Waals surface area contributed by atoms with E-state index in [1.54, 1.807) is 12.0 Å². The van der Waals surface area contributed by atoms with Gasteiger partial charge in [-0.05, 0) is 36.2 Å². The van der Waals surface area contributed by atoms with E-state index in [9.17, 15) is 9.59 Å². The van der Waals surface area contributed by atoms with Crippen molar-refractivity contribution in [1.82, 2.24) is 5.32 Å². The van der Waals surface area contributed by atoms with E-state index >= 15 is 0 Å². The number of nitrogens with zero attached hydrogens (tertiary/aromatic N) is 1. The fourth-order valence-corrected chi connectivity index (χ4v) is 3.35. The number of halogens is 1. The number of carbonyl (C=O) groups excluding carboxylic acids is 2. The fourth-order valence-electron chi connectivity index (χ4n) is 2.94. The number of fused-ring (bicyclic) bond motifs is 1. The monoisotopic (exact) mass is 402 g/mol. The van der Waals surface area contributed by atoms with Crippen LogP contribution in [-0.4, -0.2) is 25.5 Å². The van der Waals surface area contributed by atoms with Gasteiger partial charge < -0.3 is 15.0 Å². The highest BCUT2D eigenvalue weighted by molar-refractivity contribution is 9.10. The molecule has 0 spiro atoms. The van der Waals surface area contributed by atoms with Gasteiger partial charge in [-0.25, -0.2) is 0 Å². The smallest absolute Gasteiger partial charge is 0.240 e. The average Bonchev–Trinajstić information content (AvgIpc) is 2.62. The Morgan fingerprint density at radius 1 is 1.24 bits per heavy atom. The fraction of sp³-hybridized carbons (Fsp3) is 0.263. The summed E-state index contributed by atoms with van der Waals surface area (Å²) in [6, 6.07) is 13.3. The lowest BCUT2D eigenvalue weighted by Gasteiger charge is -2.29. The van der Waals surface area contributed by atoms with Crippen molar-refractivity contribution >= 4 is 33.4 Å². The molecule has 5 nitrogen and oxygen atoms in total. The third kappa shape index (κ3) is 4.02. The number of para-hydroxylation sites is 1. The molecule has 130 valence electrons. The molecule has 1 heterocycles. The van der Waals surface area contributed by atoms with Crippen molar-refractivity contribution in [2.24, 2.45) is 0 Å². The maximum atomic E-state index is 12.4. The van der Waals surface area contributed by atoms with Crippen LogP contribution in [0.5, 0.6) is 5.75 Å². The predicted octanol–water partition coefficient (Wildman–Crippen LogP) is 3.05. The van der Waals surface area contributed by atoms with Crippen LogP contribution in [0.25, 0.3) is 0 Å². The third-order valence-corrected chi connectivity index (χ3v) is 4.71. The molecule has 1 aliphatic rings. The summed E-state index contributed by atoms with van der Waals surface area (Å²) in [4.78, 5) is 26.2. The van der Waals surface area contributed by atoms with Gasteiger partial charge in [0.05, 0.1) is 7.11 Å². The first-order valence-electron chi connectivity index (χ1n) is 8.06. The topological polar surface area (TPSA) is 58.6 Å². The Morgan fingerprint density at radius 2 is 2.04 bits per heavy atom. The van der Waals surface area contributed by atoms with Crippen molar-refractivity contribution in [3.63, 3.8) is 0 Å². The molecule has 0 bridgehead atoms. The Bertz CT molecular complexity index is 807. The van der Waals surface area contributed by atoms with E-state index in [1.807, 2.05) is 42.5 Å². The first-order valence-corrected chi connectivity index (χ1v) is 8.85. The van der Waals surface area contributed by atoms with Crippen molar-refractivity contribution in [3.8, 4) is 5.75 Å². The molecule has 2 amide bonds. The van der Waals surface area contributed by atoms with Gasteiger partial charge in [-0.2, -0.15) is 0 Å². The minimum absolute atomic E-state index is 0.0165. The number of hydrogen-bond donors (Lipinski definition) is 1. The normalized spacial score (nSPS) is 13.4. The molecule has 0 aromatic heterocycles. The molecular formula is C19H19BrN2O3.